The van der Waals surface area contributed by atoms with Crippen molar-refractivity contribution in [2.75, 3.05) is 87.8 Å². The number of nitrogens with one attached hydrogen (secondary N) is 1. The predicted octanol–water partition coefficient (Wildman–Crippen LogP) is 1.57. The van der Waals surface area contributed by atoms with Crippen LogP contribution >= 0.6 is 23.2 Å². The van der Waals surface area contributed by atoms with E-state index in [2.05, 4.69) is 25.1 Å². The second kappa shape index (κ2) is 13.3. The maximum atomic E-state index is 13.1. The van der Waals surface area contributed by atoms with Gasteiger partial charge >= 0.3 is 6.03 Å². The highest BCUT2D eigenvalue weighted by Crippen LogP contribution is 2.35. The number of ether oxygens (including phenoxy) is 2. The van der Waals surface area contributed by atoms with Crippen LogP contribution in [0.1, 0.15) is 12.5 Å². The molecule has 202 valence electrons. The first kappa shape index (κ1) is 27.5. The van der Waals surface area contributed by atoms with Gasteiger partial charge in [0.15, 0.2) is 0 Å². The van der Waals surface area contributed by atoms with Crippen LogP contribution in [0.15, 0.2) is 12.4 Å². The van der Waals surface area contributed by atoms with E-state index in [0.717, 1.165) is 49.7 Å². The summed E-state index contributed by atoms with van der Waals surface area (Å²) in [6.45, 7) is 9.52. The molecular weight excluding hydrogens is 521 g/mol. The van der Waals surface area contributed by atoms with Crippen molar-refractivity contribution in [3.8, 4) is 11.3 Å². The molecule has 2 saturated heterocycles. The van der Waals surface area contributed by atoms with Gasteiger partial charge in [-0.05, 0) is 13.3 Å². The Balaban J connectivity index is 0.000000747. The minimum Gasteiger partial charge on any atom is -0.379 e. The van der Waals surface area contributed by atoms with Gasteiger partial charge in [-0.1, -0.05) is 0 Å². The van der Waals surface area contributed by atoms with E-state index in [1.54, 1.807) is 24.2 Å². The number of rotatable bonds is 5. The molecule has 0 radical (unpaired) electrons. The highest BCUT2D eigenvalue weighted by Gasteiger charge is 2.31. The number of anilines is 3. The molecule has 2 aromatic rings. The second-order valence-electron chi connectivity index (χ2n) is 8.71. The number of morpholine rings is 2. The van der Waals surface area contributed by atoms with Gasteiger partial charge < -0.3 is 25.4 Å². The predicted molar refractivity (Wildman–Crippen MR) is 143 cm³/mol. The SMILES string of the molecule is CC(Cl)Cl.Nc1ncc(-c2nc(N3CCOCC3)nc3c2CCN3C(=O)NCCN2CCOCC2)cn1. The van der Waals surface area contributed by atoms with Gasteiger partial charge in [-0.15, -0.1) is 23.2 Å². The number of hydrogen-bond donors (Lipinski definition) is 2. The van der Waals surface area contributed by atoms with Crippen LogP contribution in [-0.4, -0.2) is 108 Å². The molecule has 3 aliphatic heterocycles. The molecule has 3 aliphatic rings. The molecular formula is C23H33Cl2N9O3. The van der Waals surface area contributed by atoms with Crippen LogP contribution in [0.2, 0.25) is 0 Å². The lowest BCUT2D eigenvalue weighted by molar-refractivity contribution is 0.0387. The first-order valence-corrected chi connectivity index (χ1v) is 13.2. The summed E-state index contributed by atoms with van der Waals surface area (Å²) in [5, 5.41) is 3.05. The van der Waals surface area contributed by atoms with Gasteiger partial charge in [-0.2, -0.15) is 4.98 Å². The molecule has 0 saturated carbocycles. The number of nitrogens with zero attached hydrogens (tertiary/aromatic N) is 7. The van der Waals surface area contributed by atoms with Gasteiger partial charge in [0.25, 0.3) is 0 Å². The zero-order valence-electron chi connectivity index (χ0n) is 20.9. The Bertz CT molecular complexity index is 1030. The fourth-order valence-electron chi connectivity index (χ4n) is 4.29. The van der Waals surface area contributed by atoms with Crippen molar-refractivity contribution in [2.45, 2.75) is 18.2 Å². The summed E-state index contributed by atoms with van der Waals surface area (Å²) < 4.78 is 10.9. The smallest absolute Gasteiger partial charge is 0.323 e. The summed E-state index contributed by atoms with van der Waals surface area (Å²) in [7, 11) is 0. The number of hydrogen-bond acceptors (Lipinski definition) is 10. The van der Waals surface area contributed by atoms with E-state index in [1.807, 2.05) is 0 Å². The van der Waals surface area contributed by atoms with E-state index >= 15 is 0 Å². The normalized spacial score (nSPS) is 17.8. The Hall–Kier alpha value is -2.51. The Morgan fingerprint density at radius 2 is 1.68 bits per heavy atom. The molecule has 0 bridgehead atoms. The topological polar surface area (TPSA) is 135 Å². The largest absolute Gasteiger partial charge is 0.379 e. The average Bonchev–Trinajstić information content (AvgIpc) is 3.34. The van der Waals surface area contributed by atoms with Crippen molar-refractivity contribution >= 4 is 46.9 Å². The summed E-state index contributed by atoms with van der Waals surface area (Å²) in [6.07, 6.45) is 3.99. The molecule has 2 amide bonds. The number of nitrogens with two attached hydrogens (primary N) is 1. The fourth-order valence-corrected chi connectivity index (χ4v) is 4.29. The fraction of sp³-hybridized carbons (Fsp3) is 0.609. The number of alkyl halides is 2. The summed E-state index contributed by atoms with van der Waals surface area (Å²) in [4.78, 5) is 36.8. The minimum absolute atomic E-state index is 0.145. The van der Waals surface area contributed by atoms with Crippen molar-refractivity contribution in [2.24, 2.45) is 0 Å². The number of halogens is 2. The van der Waals surface area contributed by atoms with Crippen LogP contribution in [0, 0.1) is 0 Å². The Labute approximate surface area is 226 Å². The van der Waals surface area contributed by atoms with E-state index in [-0.39, 0.29) is 16.8 Å². The van der Waals surface area contributed by atoms with Crippen LogP contribution in [-0.2, 0) is 15.9 Å². The van der Waals surface area contributed by atoms with Crippen LogP contribution < -0.4 is 20.9 Å². The monoisotopic (exact) mass is 553 g/mol. The molecule has 0 atom stereocenters. The molecule has 0 spiro atoms. The third-order valence-electron chi connectivity index (χ3n) is 6.11. The summed E-state index contributed by atoms with van der Waals surface area (Å²) in [6, 6.07) is -0.145. The van der Waals surface area contributed by atoms with E-state index in [0.29, 0.717) is 57.6 Å². The first-order valence-electron chi connectivity index (χ1n) is 12.4. The number of fused-ring (bicyclic) bond motifs is 1. The molecule has 0 aromatic carbocycles. The van der Waals surface area contributed by atoms with Gasteiger partial charge in [-0.25, -0.2) is 19.7 Å². The molecule has 3 N–H and O–H groups in total. The van der Waals surface area contributed by atoms with Crippen LogP contribution in [0.3, 0.4) is 0 Å². The average molecular weight is 554 g/mol. The van der Waals surface area contributed by atoms with E-state index in [9.17, 15) is 4.79 Å². The van der Waals surface area contributed by atoms with Crippen molar-refractivity contribution in [1.82, 2.24) is 30.2 Å². The summed E-state index contributed by atoms with van der Waals surface area (Å²) in [5.74, 6) is 1.43. The van der Waals surface area contributed by atoms with Crippen molar-refractivity contribution in [3.63, 3.8) is 0 Å². The van der Waals surface area contributed by atoms with Crippen molar-refractivity contribution in [3.05, 3.63) is 18.0 Å². The molecule has 14 heteroatoms. The number of carbonyl (C=O) groups excluding carboxylic acids is 1. The Morgan fingerprint density at radius 1 is 1.05 bits per heavy atom. The van der Waals surface area contributed by atoms with Crippen LogP contribution in [0.4, 0.5) is 22.5 Å². The highest BCUT2D eigenvalue weighted by molar-refractivity contribution is 6.43. The van der Waals surface area contributed by atoms with Crippen molar-refractivity contribution < 1.29 is 14.3 Å². The van der Waals surface area contributed by atoms with Gasteiger partial charge in [-0.3, -0.25) is 9.80 Å². The maximum absolute atomic E-state index is 13.1. The molecule has 2 aromatic heterocycles. The molecule has 12 nitrogen and oxygen atoms in total. The molecule has 5 heterocycles. The summed E-state index contributed by atoms with van der Waals surface area (Å²) in [5.41, 5.74) is 8.10. The molecule has 5 rings (SSSR count). The highest BCUT2D eigenvalue weighted by atomic mass is 35.5. The van der Waals surface area contributed by atoms with E-state index < -0.39 is 0 Å². The minimum atomic E-state index is -0.222. The molecule has 0 unspecified atom stereocenters. The third kappa shape index (κ3) is 7.51. The lowest BCUT2D eigenvalue weighted by Crippen LogP contribution is -2.45. The number of urea groups is 1. The second-order valence-corrected chi connectivity index (χ2v) is 10.2. The number of amides is 2. The lowest BCUT2D eigenvalue weighted by atomic mass is 10.1. The maximum Gasteiger partial charge on any atom is 0.323 e. The van der Waals surface area contributed by atoms with Crippen molar-refractivity contribution in [1.29, 1.82) is 0 Å². The zero-order chi connectivity index (χ0) is 26.2. The number of aromatic nitrogens is 4. The molecule has 0 aliphatic carbocycles. The number of carbonyl (C=O) groups is 1. The van der Waals surface area contributed by atoms with Crippen LogP contribution in [0.5, 0.6) is 0 Å². The van der Waals surface area contributed by atoms with Gasteiger partial charge in [0, 0.05) is 69.3 Å². The lowest BCUT2D eigenvalue weighted by Gasteiger charge is -2.28. The van der Waals surface area contributed by atoms with E-state index in [1.165, 1.54) is 0 Å². The Kier molecular flexibility index (Phi) is 9.92. The van der Waals surface area contributed by atoms with Gasteiger partial charge in [0.1, 0.15) is 10.7 Å². The summed E-state index contributed by atoms with van der Waals surface area (Å²) >= 11 is 10.1. The number of nitrogen functional groups attached to an aromatic ring is 1. The standard InChI is InChI=1S/C21H29N9O3.C2H4Cl2/c22-19-24-13-15(14-25-19)17-16-1-3-30(21(31)23-2-4-28-5-9-32-10-6-28)18(16)27-20(26-17)29-7-11-33-12-8-29;1-2(3)4/h13-14H,1-12H2,(H,23,31)(H2,22,24,25);2H,1H3. The molecule has 2 fully saturated rings. The first-order chi connectivity index (χ1) is 17.9. The quantitative estimate of drug-likeness (QED) is 0.525. The van der Waals surface area contributed by atoms with Gasteiger partial charge in [0.05, 0.1) is 32.1 Å². The Morgan fingerprint density at radius 3 is 2.32 bits per heavy atom. The van der Waals surface area contributed by atoms with E-state index in [4.69, 9.17) is 48.4 Å². The molecule has 37 heavy (non-hydrogen) atoms. The van der Waals surface area contributed by atoms with Gasteiger partial charge in [0.2, 0.25) is 11.9 Å². The van der Waals surface area contributed by atoms with Crippen LogP contribution in [0.25, 0.3) is 11.3 Å². The zero-order valence-corrected chi connectivity index (χ0v) is 22.4. The third-order valence-corrected chi connectivity index (χ3v) is 6.11.